The maximum Gasteiger partial charge on any atom is 0.276 e. The molecule has 0 saturated carbocycles. The van der Waals surface area contributed by atoms with Gasteiger partial charge in [-0.25, -0.2) is 4.39 Å². The van der Waals surface area contributed by atoms with E-state index >= 15 is 0 Å². The minimum Gasteiger partial charge on any atom is -0.357 e. The molecule has 2 aromatic heterocycles. The van der Waals surface area contributed by atoms with Crippen LogP contribution in [0.15, 0.2) is 72.9 Å². The van der Waals surface area contributed by atoms with Crippen molar-refractivity contribution in [2.24, 2.45) is 0 Å². The number of H-pyrrole nitrogens is 1. The number of benzene rings is 2. The Labute approximate surface area is 196 Å². The largest absolute Gasteiger partial charge is 0.357 e. The van der Waals surface area contributed by atoms with Crippen LogP contribution in [0, 0.1) is 5.82 Å². The highest BCUT2D eigenvalue weighted by atomic mass is 19.1. The highest BCUT2D eigenvalue weighted by Crippen LogP contribution is 2.32. The van der Waals surface area contributed by atoms with E-state index in [9.17, 15) is 14.0 Å². The van der Waals surface area contributed by atoms with Crippen molar-refractivity contribution in [2.75, 3.05) is 11.9 Å². The molecule has 1 aliphatic rings. The summed E-state index contributed by atoms with van der Waals surface area (Å²) in [5, 5.41) is 7.58. The lowest BCUT2D eigenvalue weighted by Crippen LogP contribution is -2.38. The average molecular weight is 458 g/mol. The van der Waals surface area contributed by atoms with Crippen molar-refractivity contribution in [1.29, 1.82) is 0 Å². The first-order valence-corrected chi connectivity index (χ1v) is 11.1. The lowest BCUT2D eigenvalue weighted by molar-refractivity contribution is 0.0711. The summed E-state index contributed by atoms with van der Waals surface area (Å²) < 4.78 is 15.2. The fraction of sp³-hybridized carbons (Fsp3) is 0.192. The molecule has 1 aliphatic heterocycles. The van der Waals surface area contributed by atoms with Gasteiger partial charge in [0.2, 0.25) is 0 Å². The van der Waals surface area contributed by atoms with Crippen molar-refractivity contribution < 1.29 is 14.0 Å². The third-order valence-electron chi connectivity index (χ3n) is 6.01. The topological polar surface area (TPSA) is 83.0 Å². The predicted molar refractivity (Wildman–Crippen MR) is 126 cm³/mol. The maximum atomic E-state index is 13.4. The van der Waals surface area contributed by atoms with Crippen LogP contribution >= 0.6 is 0 Å². The molecule has 0 aliphatic carbocycles. The van der Waals surface area contributed by atoms with Gasteiger partial charge in [0.05, 0.1) is 13.1 Å². The first kappa shape index (κ1) is 21.6. The van der Waals surface area contributed by atoms with Crippen molar-refractivity contribution in [1.82, 2.24) is 19.7 Å². The van der Waals surface area contributed by atoms with E-state index in [4.69, 9.17) is 0 Å². The SMILES string of the molecule is CC1CN(C(=O)c2ccc[nH]2)Cc2c(C(=O)Nc3ccccc3)nn(Cc3ccc(F)cc3)c21. The van der Waals surface area contributed by atoms with Gasteiger partial charge in [-0.05, 0) is 42.0 Å². The number of hydrogen-bond acceptors (Lipinski definition) is 3. The molecule has 1 atom stereocenters. The molecule has 5 rings (SSSR count). The molecule has 0 saturated heterocycles. The molecule has 4 aromatic rings. The number of nitrogens with one attached hydrogen (secondary N) is 2. The molecular formula is C26H24FN5O2. The summed E-state index contributed by atoms with van der Waals surface area (Å²) in [5.41, 5.74) is 3.98. The Morgan fingerprint density at radius 3 is 2.56 bits per heavy atom. The van der Waals surface area contributed by atoms with Gasteiger partial charge in [-0.15, -0.1) is 0 Å². The smallest absolute Gasteiger partial charge is 0.276 e. The number of anilines is 1. The van der Waals surface area contributed by atoms with Crippen LogP contribution in [0.25, 0.3) is 0 Å². The van der Waals surface area contributed by atoms with Crippen LogP contribution in [0.2, 0.25) is 0 Å². The molecule has 0 fully saturated rings. The minimum absolute atomic E-state index is 0.0473. The van der Waals surface area contributed by atoms with Crippen LogP contribution in [0.5, 0.6) is 0 Å². The van der Waals surface area contributed by atoms with E-state index in [1.807, 2.05) is 41.9 Å². The van der Waals surface area contributed by atoms with Crippen LogP contribution < -0.4 is 5.32 Å². The Hall–Kier alpha value is -4.20. The molecule has 2 N–H and O–H groups in total. The second-order valence-electron chi connectivity index (χ2n) is 8.49. The van der Waals surface area contributed by atoms with Gasteiger partial charge in [-0.2, -0.15) is 5.10 Å². The number of rotatable bonds is 5. The van der Waals surface area contributed by atoms with Gasteiger partial charge in [-0.1, -0.05) is 37.3 Å². The Bertz CT molecular complexity index is 1310. The molecule has 3 heterocycles. The maximum absolute atomic E-state index is 13.4. The van der Waals surface area contributed by atoms with Gasteiger partial charge < -0.3 is 15.2 Å². The van der Waals surface area contributed by atoms with Crippen molar-refractivity contribution >= 4 is 17.5 Å². The number of nitrogens with zero attached hydrogens (tertiary/aromatic N) is 3. The lowest BCUT2D eigenvalue weighted by Gasteiger charge is -2.32. The first-order valence-electron chi connectivity index (χ1n) is 11.1. The van der Waals surface area contributed by atoms with E-state index in [0.29, 0.717) is 24.5 Å². The van der Waals surface area contributed by atoms with Crippen LogP contribution in [0.3, 0.4) is 0 Å². The molecule has 1 unspecified atom stereocenters. The van der Waals surface area contributed by atoms with Crippen LogP contribution in [-0.2, 0) is 13.1 Å². The second-order valence-corrected chi connectivity index (χ2v) is 8.49. The fourth-order valence-electron chi connectivity index (χ4n) is 4.46. The van der Waals surface area contributed by atoms with Crippen molar-refractivity contribution in [3.05, 3.63) is 107 Å². The van der Waals surface area contributed by atoms with Gasteiger partial charge in [0, 0.05) is 35.6 Å². The molecular weight excluding hydrogens is 433 g/mol. The number of amides is 2. The first-order chi connectivity index (χ1) is 16.5. The molecule has 0 spiro atoms. The second kappa shape index (κ2) is 8.97. The van der Waals surface area contributed by atoms with Crippen molar-refractivity contribution in [3.63, 3.8) is 0 Å². The number of aromatic amines is 1. The fourth-order valence-corrected chi connectivity index (χ4v) is 4.46. The summed E-state index contributed by atoms with van der Waals surface area (Å²) in [7, 11) is 0. The van der Waals surface area contributed by atoms with Crippen LogP contribution in [0.1, 0.15) is 50.6 Å². The Morgan fingerprint density at radius 2 is 1.85 bits per heavy atom. The number of fused-ring (bicyclic) bond motifs is 1. The lowest BCUT2D eigenvalue weighted by atomic mass is 9.95. The molecule has 2 aromatic carbocycles. The zero-order valence-corrected chi connectivity index (χ0v) is 18.7. The molecule has 34 heavy (non-hydrogen) atoms. The quantitative estimate of drug-likeness (QED) is 0.466. The van der Waals surface area contributed by atoms with Gasteiger partial charge in [0.15, 0.2) is 5.69 Å². The molecule has 172 valence electrons. The minimum atomic E-state index is -0.332. The standard InChI is InChI=1S/C26H24FN5O2/c1-17-14-31(26(34)22-8-5-13-28-22)16-21-23(25(33)29-20-6-3-2-4-7-20)30-32(24(17)21)15-18-9-11-19(27)12-10-18/h2-13,17,28H,14-16H2,1H3,(H,29,33). The van der Waals surface area contributed by atoms with E-state index in [0.717, 1.165) is 16.8 Å². The third kappa shape index (κ3) is 4.22. The summed E-state index contributed by atoms with van der Waals surface area (Å²) >= 11 is 0. The number of halogens is 1. The highest BCUT2D eigenvalue weighted by Gasteiger charge is 2.34. The van der Waals surface area contributed by atoms with E-state index in [1.165, 1.54) is 12.1 Å². The van der Waals surface area contributed by atoms with E-state index in [2.05, 4.69) is 15.4 Å². The monoisotopic (exact) mass is 457 g/mol. The van der Waals surface area contributed by atoms with E-state index in [-0.39, 0.29) is 35.8 Å². The molecule has 2 amide bonds. The number of carbonyl (C=O) groups excluding carboxylic acids is 2. The molecule has 0 radical (unpaired) electrons. The normalized spacial score (nSPS) is 15.1. The number of para-hydroxylation sites is 1. The summed E-state index contributed by atoms with van der Waals surface area (Å²) in [5.74, 6) is -0.806. The van der Waals surface area contributed by atoms with Crippen LogP contribution in [0.4, 0.5) is 10.1 Å². The molecule has 0 bridgehead atoms. The highest BCUT2D eigenvalue weighted by molar-refractivity contribution is 6.04. The summed E-state index contributed by atoms with van der Waals surface area (Å²) in [6, 6.07) is 18.9. The van der Waals surface area contributed by atoms with Crippen molar-refractivity contribution in [3.8, 4) is 0 Å². The number of aromatic nitrogens is 3. The van der Waals surface area contributed by atoms with Crippen molar-refractivity contribution in [2.45, 2.75) is 25.9 Å². The van der Waals surface area contributed by atoms with Gasteiger partial charge in [0.1, 0.15) is 11.5 Å². The average Bonchev–Trinajstić information content (AvgIpc) is 3.50. The number of hydrogen-bond donors (Lipinski definition) is 2. The Balaban J connectivity index is 1.52. The third-order valence-corrected chi connectivity index (χ3v) is 6.01. The zero-order valence-electron chi connectivity index (χ0n) is 18.7. The van der Waals surface area contributed by atoms with Gasteiger partial charge in [0.25, 0.3) is 11.8 Å². The van der Waals surface area contributed by atoms with Gasteiger partial charge in [-0.3, -0.25) is 14.3 Å². The van der Waals surface area contributed by atoms with Gasteiger partial charge >= 0.3 is 0 Å². The molecule has 7 nitrogen and oxygen atoms in total. The Kier molecular flexibility index (Phi) is 5.71. The summed E-state index contributed by atoms with van der Waals surface area (Å²) in [4.78, 5) is 31.0. The predicted octanol–water partition coefficient (Wildman–Crippen LogP) is 4.41. The van der Waals surface area contributed by atoms with E-state index < -0.39 is 0 Å². The Morgan fingerprint density at radius 1 is 1.09 bits per heavy atom. The molecule has 8 heteroatoms. The summed E-state index contributed by atoms with van der Waals surface area (Å²) in [6.07, 6.45) is 1.71. The van der Waals surface area contributed by atoms with Crippen LogP contribution in [-0.4, -0.2) is 38.0 Å². The number of carbonyl (C=O) groups is 2. The van der Waals surface area contributed by atoms with E-state index in [1.54, 1.807) is 35.4 Å². The zero-order chi connectivity index (χ0) is 23.7. The summed E-state index contributed by atoms with van der Waals surface area (Å²) in [6.45, 7) is 3.20.